The quantitative estimate of drug-likeness (QED) is 0.334. The van der Waals surface area contributed by atoms with Crippen molar-refractivity contribution in [2.75, 3.05) is 6.61 Å². The lowest BCUT2D eigenvalue weighted by atomic mass is 10.1. The molecule has 0 heterocycles. The number of amides is 1. The normalized spacial score (nSPS) is 11.1. The number of alkyl carbamates (subject to hydrolysis) is 1. The van der Waals surface area contributed by atoms with Crippen molar-refractivity contribution in [2.45, 2.75) is 39.0 Å². The van der Waals surface area contributed by atoms with Gasteiger partial charge in [-0.05, 0) is 18.1 Å². The zero-order chi connectivity index (χ0) is 22.5. The number of benzene rings is 2. The molecule has 0 saturated carbocycles. The molecule has 8 nitrogen and oxygen atoms in total. The van der Waals surface area contributed by atoms with E-state index in [0.717, 1.165) is 11.1 Å². The van der Waals surface area contributed by atoms with Crippen LogP contribution >= 0.6 is 0 Å². The number of carbonyl (C=O) groups is 4. The van der Waals surface area contributed by atoms with Crippen LogP contribution in [0.5, 0.6) is 0 Å². The number of hydrogen-bond donors (Lipinski definition) is 1. The first-order valence-corrected chi connectivity index (χ1v) is 9.83. The van der Waals surface area contributed by atoms with Gasteiger partial charge in [0.25, 0.3) is 0 Å². The molecule has 0 unspecified atom stereocenters. The highest BCUT2D eigenvalue weighted by Gasteiger charge is 2.27. The predicted molar refractivity (Wildman–Crippen MR) is 111 cm³/mol. The van der Waals surface area contributed by atoms with Gasteiger partial charge in [0.1, 0.15) is 31.5 Å². The fourth-order valence-corrected chi connectivity index (χ4v) is 2.60. The van der Waals surface area contributed by atoms with Crippen molar-refractivity contribution in [1.82, 2.24) is 5.32 Å². The van der Waals surface area contributed by atoms with Crippen LogP contribution < -0.4 is 5.32 Å². The largest absolute Gasteiger partial charge is 0.466 e. The molecule has 2 rings (SSSR count). The summed E-state index contributed by atoms with van der Waals surface area (Å²) < 4.78 is 15.1. The number of ether oxygens (including phenoxy) is 3. The maximum atomic E-state index is 12.5. The van der Waals surface area contributed by atoms with Gasteiger partial charge in [-0.2, -0.15) is 0 Å². The number of ketones is 1. The molecule has 0 radical (unpaired) electrons. The van der Waals surface area contributed by atoms with Crippen molar-refractivity contribution in [3.05, 3.63) is 71.8 Å². The molecule has 0 spiro atoms. The molecule has 8 heteroatoms. The number of rotatable bonds is 11. The molecule has 0 aliphatic heterocycles. The Morgan fingerprint density at radius 3 is 1.90 bits per heavy atom. The minimum Gasteiger partial charge on any atom is -0.466 e. The highest BCUT2D eigenvalue weighted by atomic mass is 16.6. The molecule has 0 saturated heterocycles. The van der Waals surface area contributed by atoms with Crippen LogP contribution in [0.3, 0.4) is 0 Å². The highest BCUT2D eigenvalue weighted by molar-refractivity contribution is 5.98. The molecule has 0 aromatic heterocycles. The summed E-state index contributed by atoms with van der Waals surface area (Å²) in [6, 6.07) is 16.7. The topological polar surface area (TPSA) is 108 Å². The van der Waals surface area contributed by atoms with E-state index in [1.54, 1.807) is 55.5 Å². The van der Waals surface area contributed by atoms with E-state index in [1.165, 1.54) is 0 Å². The van der Waals surface area contributed by atoms with Crippen molar-refractivity contribution in [1.29, 1.82) is 0 Å². The van der Waals surface area contributed by atoms with Crippen LogP contribution in [-0.2, 0) is 41.8 Å². The molecule has 0 fully saturated rings. The van der Waals surface area contributed by atoms with Crippen molar-refractivity contribution >= 4 is 23.8 Å². The van der Waals surface area contributed by atoms with E-state index in [2.05, 4.69) is 5.32 Å². The summed E-state index contributed by atoms with van der Waals surface area (Å²) in [5, 5.41) is 2.35. The first-order chi connectivity index (χ1) is 15.0. The Labute approximate surface area is 180 Å². The van der Waals surface area contributed by atoms with Crippen LogP contribution in [0, 0.1) is 0 Å². The molecule has 0 aliphatic carbocycles. The second-order valence-electron chi connectivity index (χ2n) is 6.58. The Bertz CT molecular complexity index is 868. The summed E-state index contributed by atoms with van der Waals surface area (Å²) in [4.78, 5) is 48.4. The van der Waals surface area contributed by atoms with Crippen LogP contribution in [0.15, 0.2) is 60.7 Å². The Balaban J connectivity index is 1.96. The van der Waals surface area contributed by atoms with Gasteiger partial charge >= 0.3 is 18.0 Å². The van der Waals surface area contributed by atoms with Gasteiger partial charge in [-0.3, -0.25) is 9.59 Å². The lowest BCUT2D eigenvalue weighted by Gasteiger charge is -2.17. The van der Waals surface area contributed by atoms with Gasteiger partial charge in [0.15, 0.2) is 0 Å². The second kappa shape index (κ2) is 12.8. The molecule has 0 aliphatic rings. The van der Waals surface area contributed by atoms with E-state index >= 15 is 0 Å². The summed E-state index contributed by atoms with van der Waals surface area (Å²) in [7, 11) is 0. The van der Waals surface area contributed by atoms with Gasteiger partial charge in [0, 0.05) is 6.42 Å². The monoisotopic (exact) mass is 427 g/mol. The number of carbonyl (C=O) groups excluding carboxylic acids is 4. The first kappa shape index (κ1) is 23.6. The summed E-state index contributed by atoms with van der Waals surface area (Å²) in [6.45, 7) is 1.73. The van der Waals surface area contributed by atoms with Gasteiger partial charge < -0.3 is 19.5 Å². The molecule has 2 aromatic carbocycles. The fourth-order valence-electron chi connectivity index (χ4n) is 2.60. The molecule has 1 amide bonds. The van der Waals surface area contributed by atoms with E-state index in [-0.39, 0.29) is 19.8 Å². The van der Waals surface area contributed by atoms with Crippen LogP contribution in [0.4, 0.5) is 4.79 Å². The third-order valence-electron chi connectivity index (χ3n) is 4.09. The Morgan fingerprint density at radius 1 is 0.806 bits per heavy atom. The zero-order valence-corrected chi connectivity index (χ0v) is 17.2. The smallest absolute Gasteiger partial charge is 0.408 e. The number of hydrogen-bond acceptors (Lipinski definition) is 7. The lowest BCUT2D eigenvalue weighted by Crippen LogP contribution is -2.43. The lowest BCUT2D eigenvalue weighted by molar-refractivity contribution is -0.150. The Morgan fingerprint density at radius 2 is 1.35 bits per heavy atom. The fraction of sp³-hybridized carbons (Fsp3) is 0.304. The minimum absolute atomic E-state index is 0.00473. The Hall–Kier alpha value is -3.68. The van der Waals surface area contributed by atoms with Crippen LogP contribution in [0.25, 0.3) is 0 Å². The van der Waals surface area contributed by atoms with Crippen LogP contribution in [0.2, 0.25) is 0 Å². The van der Waals surface area contributed by atoms with Crippen molar-refractivity contribution in [2.24, 2.45) is 0 Å². The van der Waals surface area contributed by atoms with Crippen molar-refractivity contribution < 1.29 is 33.4 Å². The van der Waals surface area contributed by atoms with E-state index in [4.69, 9.17) is 14.2 Å². The van der Waals surface area contributed by atoms with Crippen LogP contribution in [-0.4, -0.2) is 36.5 Å². The van der Waals surface area contributed by atoms with Crippen molar-refractivity contribution in [3.8, 4) is 0 Å². The number of Topliss-reactive ketones (excluding diaryl/α,β-unsaturated/α-hetero) is 1. The van der Waals surface area contributed by atoms with Gasteiger partial charge in [-0.15, -0.1) is 0 Å². The van der Waals surface area contributed by atoms with E-state index in [1.807, 2.05) is 12.1 Å². The highest BCUT2D eigenvalue weighted by Crippen LogP contribution is 2.07. The van der Waals surface area contributed by atoms with Gasteiger partial charge in [0.2, 0.25) is 0 Å². The molecular weight excluding hydrogens is 402 g/mol. The molecule has 1 atom stereocenters. The van der Waals surface area contributed by atoms with E-state index in [0.29, 0.717) is 0 Å². The first-order valence-electron chi connectivity index (χ1n) is 9.83. The zero-order valence-electron chi connectivity index (χ0n) is 17.2. The maximum absolute atomic E-state index is 12.5. The minimum atomic E-state index is -1.30. The molecule has 164 valence electrons. The molecule has 0 bridgehead atoms. The second-order valence-corrected chi connectivity index (χ2v) is 6.58. The summed E-state index contributed by atoms with van der Waals surface area (Å²) in [6.07, 6.45) is -1.81. The van der Waals surface area contributed by atoms with E-state index < -0.39 is 42.7 Å². The maximum Gasteiger partial charge on any atom is 0.408 e. The third-order valence-corrected chi connectivity index (χ3v) is 4.09. The molecule has 2 aromatic rings. The molecule has 31 heavy (non-hydrogen) atoms. The van der Waals surface area contributed by atoms with Gasteiger partial charge in [-0.1, -0.05) is 60.7 Å². The Kier molecular flexibility index (Phi) is 9.74. The molecular formula is C23H25NO7. The average molecular weight is 427 g/mol. The summed E-state index contributed by atoms with van der Waals surface area (Å²) >= 11 is 0. The average Bonchev–Trinajstić information content (AvgIpc) is 2.77. The summed E-state index contributed by atoms with van der Waals surface area (Å²) in [5.74, 6) is -2.07. The number of esters is 2. The van der Waals surface area contributed by atoms with E-state index in [9.17, 15) is 19.2 Å². The standard InChI is InChI=1S/C23H25NO7/c1-2-29-21(26)14-19(25)13-20(22(27)30-15-17-9-5-3-6-10-17)24-23(28)31-16-18-11-7-4-8-12-18/h3-12,20H,2,13-16H2,1H3,(H,24,28)/t20-/m0/s1. The molecule has 1 N–H and O–H groups in total. The van der Waals surface area contributed by atoms with Gasteiger partial charge in [-0.25, -0.2) is 9.59 Å². The number of nitrogens with one attached hydrogen (secondary N) is 1. The predicted octanol–water partition coefficient (Wildman–Crippen LogP) is 2.94. The third kappa shape index (κ3) is 9.12. The summed E-state index contributed by atoms with van der Waals surface area (Å²) in [5.41, 5.74) is 1.51. The SMILES string of the molecule is CCOC(=O)CC(=O)C[C@H](NC(=O)OCc1ccccc1)C(=O)OCc1ccccc1. The van der Waals surface area contributed by atoms with Gasteiger partial charge in [0.05, 0.1) is 6.61 Å². The van der Waals surface area contributed by atoms with Crippen molar-refractivity contribution in [3.63, 3.8) is 0 Å². The van der Waals surface area contributed by atoms with Crippen LogP contribution in [0.1, 0.15) is 30.9 Å².